The number of nitrogens with zero attached hydrogens (tertiary/aromatic N) is 5. The summed E-state index contributed by atoms with van der Waals surface area (Å²) in [4.78, 5) is 15.8. The third-order valence-electron chi connectivity index (χ3n) is 9.12. The lowest BCUT2D eigenvalue weighted by atomic mass is 9.96. The van der Waals surface area contributed by atoms with Gasteiger partial charge in [-0.25, -0.2) is 9.97 Å². The number of hydrogen-bond donors (Lipinski definition) is 1. The highest BCUT2D eigenvalue weighted by molar-refractivity contribution is 5.96. The molecule has 2 atom stereocenters. The smallest absolute Gasteiger partial charge is 0.162 e. The molecule has 2 aliphatic heterocycles. The van der Waals surface area contributed by atoms with Crippen molar-refractivity contribution in [2.75, 3.05) is 29.5 Å². The normalized spacial score (nSPS) is 19.3. The Balaban J connectivity index is 1.47. The average molecular weight is 553 g/mol. The fourth-order valence-corrected chi connectivity index (χ4v) is 6.77. The van der Waals surface area contributed by atoms with E-state index in [0.29, 0.717) is 18.1 Å². The topological polar surface area (TPSA) is 70.2 Å². The van der Waals surface area contributed by atoms with Gasteiger partial charge in [0, 0.05) is 66.6 Å². The summed E-state index contributed by atoms with van der Waals surface area (Å²) in [6, 6.07) is 11.5. The first-order valence-corrected chi connectivity index (χ1v) is 15.3. The van der Waals surface area contributed by atoms with Crippen LogP contribution in [0.25, 0.3) is 22.3 Å². The van der Waals surface area contributed by atoms with Gasteiger partial charge in [0.1, 0.15) is 5.82 Å². The molecular formula is C34H44N6O. The van der Waals surface area contributed by atoms with Crippen LogP contribution in [0.15, 0.2) is 30.3 Å². The SMILES string of the molecule is CCO[C@@H]1CCN(c2nc(-c3c(C)ccc4n[nH]c(C)c34)nc3c2CN(c2cc(C(C)C)ccc2C)CC3)C(C)C1. The zero-order valence-electron chi connectivity index (χ0n) is 25.7. The zero-order chi connectivity index (χ0) is 28.8. The van der Waals surface area contributed by atoms with Crippen LogP contribution in [0.2, 0.25) is 0 Å². The molecule has 6 rings (SSSR count). The van der Waals surface area contributed by atoms with Gasteiger partial charge in [0.15, 0.2) is 5.82 Å². The average Bonchev–Trinajstić information content (AvgIpc) is 3.33. The van der Waals surface area contributed by atoms with E-state index < -0.39 is 0 Å². The van der Waals surface area contributed by atoms with Gasteiger partial charge in [-0.05, 0) is 82.2 Å². The molecule has 1 fully saturated rings. The number of aryl methyl sites for hydroxylation is 3. The first-order chi connectivity index (χ1) is 19.7. The molecule has 0 radical (unpaired) electrons. The first-order valence-electron chi connectivity index (χ1n) is 15.3. The van der Waals surface area contributed by atoms with Crippen molar-refractivity contribution in [3.8, 4) is 11.4 Å². The summed E-state index contributed by atoms with van der Waals surface area (Å²) < 4.78 is 6.05. The molecule has 0 amide bonds. The summed E-state index contributed by atoms with van der Waals surface area (Å²) >= 11 is 0. The number of benzene rings is 2. The van der Waals surface area contributed by atoms with Crippen molar-refractivity contribution < 1.29 is 4.74 Å². The molecule has 216 valence electrons. The summed E-state index contributed by atoms with van der Waals surface area (Å²) in [6.45, 7) is 18.9. The maximum Gasteiger partial charge on any atom is 0.162 e. The summed E-state index contributed by atoms with van der Waals surface area (Å²) in [5.41, 5.74) is 10.8. The molecule has 2 aromatic heterocycles. The van der Waals surface area contributed by atoms with Crippen molar-refractivity contribution in [3.05, 3.63) is 64.0 Å². The summed E-state index contributed by atoms with van der Waals surface area (Å²) in [6.07, 6.45) is 3.23. The molecule has 0 aliphatic carbocycles. The van der Waals surface area contributed by atoms with Crippen LogP contribution < -0.4 is 9.80 Å². The van der Waals surface area contributed by atoms with Crippen molar-refractivity contribution >= 4 is 22.4 Å². The molecule has 41 heavy (non-hydrogen) atoms. The van der Waals surface area contributed by atoms with Gasteiger partial charge in [0.2, 0.25) is 0 Å². The number of H-pyrrole nitrogens is 1. The minimum absolute atomic E-state index is 0.311. The Morgan fingerprint density at radius 2 is 1.85 bits per heavy atom. The predicted octanol–water partition coefficient (Wildman–Crippen LogP) is 7.03. The molecule has 7 heteroatoms. The third-order valence-corrected chi connectivity index (χ3v) is 9.12. The van der Waals surface area contributed by atoms with Gasteiger partial charge >= 0.3 is 0 Å². The Hall–Kier alpha value is -3.45. The first kappa shape index (κ1) is 27.7. The van der Waals surface area contributed by atoms with E-state index >= 15 is 0 Å². The maximum atomic E-state index is 6.05. The van der Waals surface area contributed by atoms with Crippen LogP contribution in [0.1, 0.15) is 80.1 Å². The number of rotatable bonds is 6. The zero-order valence-corrected chi connectivity index (χ0v) is 25.7. The summed E-state index contributed by atoms with van der Waals surface area (Å²) in [5.74, 6) is 2.40. The van der Waals surface area contributed by atoms with E-state index in [1.807, 2.05) is 0 Å². The lowest BCUT2D eigenvalue weighted by Crippen LogP contribution is -2.45. The van der Waals surface area contributed by atoms with Crippen LogP contribution in [0.4, 0.5) is 11.5 Å². The molecule has 1 unspecified atom stereocenters. The highest BCUT2D eigenvalue weighted by atomic mass is 16.5. The Bertz CT molecular complexity index is 1570. The third kappa shape index (κ3) is 5.09. The van der Waals surface area contributed by atoms with Crippen molar-refractivity contribution in [3.63, 3.8) is 0 Å². The lowest BCUT2D eigenvalue weighted by Gasteiger charge is -2.41. The number of hydrogen-bond acceptors (Lipinski definition) is 6. The van der Waals surface area contributed by atoms with Crippen molar-refractivity contribution in [1.82, 2.24) is 20.2 Å². The number of piperidine rings is 1. The van der Waals surface area contributed by atoms with Gasteiger partial charge in [-0.1, -0.05) is 32.0 Å². The molecule has 4 aromatic rings. The second-order valence-corrected chi connectivity index (χ2v) is 12.3. The van der Waals surface area contributed by atoms with E-state index in [-0.39, 0.29) is 0 Å². The highest BCUT2D eigenvalue weighted by Crippen LogP contribution is 2.38. The van der Waals surface area contributed by atoms with Gasteiger partial charge in [-0.3, -0.25) is 5.10 Å². The molecule has 0 bridgehead atoms. The highest BCUT2D eigenvalue weighted by Gasteiger charge is 2.32. The number of anilines is 2. The monoisotopic (exact) mass is 552 g/mol. The minimum atomic E-state index is 0.311. The van der Waals surface area contributed by atoms with Crippen molar-refractivity contribution in [1.29, 1.82) is 0 Å². The molecule has 7 nitrogen and oxygen atoms in total. The number of aromatic nitrogens is 4. The van der Waals surface area contributed by atoms with E-state index in [0.717, 1.165) is 79.3 Å². The van der Waals surface area contributed by atoms with Crippen LogP contribution in [0.5, 0.6) is 0 Å². The molecule has 4 heterocycles. The summed E-state index contributed by atoms with van der Waals surface area (Å²) in [5, 5.41) is 8.85. The van der Waals surface area contributed by atoms with Gasteiger partial charge < -0.3 is 14.5 Å². The van der Waals surface area contributed by atoms with Gasteiger partial charge in [0.25, 0.3) is 0 Å². The number of fused-ring (bicyclic) bond motifs is 2. The minimum Gasteiger partial charge on any atom is -0.378 e. The van der Waals surface area contributed by atoms with E-state index in [2.05, 4.69) is 98.8 Å². The van der Waals surface area contributed by atoms with Gasteiger partial charge in [0.05, 0.1) is 17.3 Å². The molecule has 2 aromatic carbocycles. The van der Waals surface area contributed by atoms with Crippen LogP contribution in [-0.2, 0) is 17.7 Å². The Labute approximate surface area is 244 Å². The van der Waals surface area contributed by atoms with E-state index in [1.54, 1.807) is 0 Å². The number of ether oxygens (including phenoxy) is 1. The van der Waals surface area contributed by atoms with Crippen LogP contribution >= 0.6 is 0 Å². The lowest BCUT2D eigenvalue weighted by molar-refractivity contribution is 0.0378. The Kier molecular flexibility index (Phi) is 7.49. The van der Waals surface area contributed by atoms with Crippen LogP contribution in [0.3, 0.4) is 0 Å². The van der Waals surface area contributed by atoms with Crippen molar-refractivity contribution in [2.45, 2.75) is 92.3 Å². The molecule has 2 aliphatic rings. The largest absolute Gasteiger partial charge is 0.378 e. The number of aromatic amines is 1. The van der Waals surface area contributed by atoms with E-state index in [4.69, 9.17) is 14.7 Å². The van der Waals surface area contributed by atoms with Crippen molar-refractivity contribution in [2.24, 2.45) is 0 Å². The van der Waals surface area contributed by atoms with E-state index in [1.165, 1.54) is 33.6 Å². The molecule has 1 saturated heterocycles. The second-order valence-electron chi connectivity index (χ2n) is 12.3. The fourth-order valence-electron chi connectivity index (χ4n) is 6.77. The van der Waals surface area contributed by atoms with Gasteiger partial charge in [-0.15, -0.1) is 0 Å². The van der Waals surface area contributed by atoms with Gasteiger partial charge in [-0.2, -0.15) is 5.10 Å². The van der Waals surface area contributed by atoms with Crippen LogP contribution in [0, 0.1) is 20.8 Å². The van der Waals surface area contributed by atoms with E-state index in [9.17, 15) is 0 Å². The quantitative estimate of drug-likeness (QED) is 0.277. The standard InChI is InChI=1S/C34H44N6O/c1-8-41-26-13-16-40(23(6)17-26)34-27-19-39(30-18-25(20(2)3)11-9-21(30)4)15-14-28(27)35-33(36-34)31-22(5)10-12-29-32(31)24(7)37-38-29/h9-12,18,20,23,26H,8,13-17,19H2,1-7H3,(H,37,38)/t23?,26-/m1/s1. The molecule has 1 N–H and O–H groups in total. The predicted molar refractivity (Wildman–Crippen MR) is 168 cm³/mol. The fraction of sp³-hybridized carbons (Fsp3) is 0.500. The summed E-state index contributed by atoms with van der Waals surface area (Å²) in [7, 11) is 0. The Morgan fingerprint density at radius 1 is 1.05 bits per heavy atom. The maximum absolute atomic E-state index is 6.05. The van der Waals surface area contributed by atoms with Crippen LogP contribution in [-0.4, -0.2) is 52.0 Å². The number of nitrogens with one attached hydrogen (secondary N) is 1. The molecule has 0 saturated carbocycles. The molecular weight excluding hydrogens is 508 g/mol. The second kappa shape index (κ2) is 11.1. The molecule has 0 spiro atoms. The Morgan fingerprint density at radius 3 is 2.61 bits per heavy atom.